The van der Waals surface area contributed by atoms with Gasteiger partial charge in [-0.1, -0.05) is 0 Å². The lowest BCUT2D eigenvalue weighted by atomic mass is 10.1. The molecule has 2 aliphatic heterocycles. The van der Waals surface area contributed by atoms with Crippen molar-refractivity contribution in [3.8, 4) is 0 Å². The van der Waals surface area contributed by atoms with Crippen molar-refractivity contribution in [1.29, 1.82) is 0 Å². The van der Waals surface area contributed by atoms with Crippen LogP contribution in [0.5, 0.6) is 0 Å². The average molecular weight is 256 g/mol. The van der Waals surface area contributed by atoms with E-state index in [2.05, 4.69) is 10.2 Å². The van der Waals surface area contributed by atoms with Gasteiger partial charge in [0.2, 0.25) is 5.91 Å². The number of nitrogens with zero attached hydrogens (tertiary/aromatic N) is 1. The molecule has 0 aromatic heterocycles. The van der Waals surface area contributed by atoms with Gasteiger partial charge in [-0.3, -0.25) is 9.69 Å². The zero-order valence-corrected chi connectivity index (χ0v) is 11.0. The molecule has 2 saturated heterocycles. The van der Waals surface area contributed by atoms with Crippen LogP contribution < -0.4 is 5.32 Å². The Hall–Kier alpha value is -0.650. The van der Waals surface area contributed by atoms with Crippen molar-refractivity contribution in [2.45, 2.75) is 19.3 Å². The standard InChI is InChI=1S/C13H24N2O3/c16-13(14-10-12-3-7-18-11-12)2-1-4-15-5-8-17-9-6-15/h12H,1-11H2,(H,14,16). The molecule has 1 unspecified atom stereocenters. The number of hydrogen-bond acceptors (Lipinski definition) is 4. The van der Waals surface area contributed by atoms with Crippen molar-refractivity contribution in [2.75, 3.05) is 52.6 Å². The van der Waals surface area contributed by atoms with E-state index in [1.807, 2.05) is 0 Å². The fraction of sp³-hybridized carbons (Fsp3) is 0.923. The smallest absolute Gasteiger partial charge is 0.220 e. The van der Waals surface area contributed by atoms with E-state index >= 15 is 0 Å². The second-order valence-electron chi connectivity index (χ2n) is 5.09. The number of ether oxygens (including phenoxy) is 2. The summed E-state index contributed by atoms with van der Waals surface area (Å²) >= 11 is 0. The molecule has 0 aliphatic carbocycles. The summed E-state index contributed by atoms with van der Waals surface area (Å²) in [6.45, 7) is 7.08. The van der Waals surface area contributed by atoms with Crippen molar-refractivity contribution < 1.29 is 14.3 Å². The first-order valence-corrected chi connectivity index (χ1v) is 6.99. The minimum Gasteiger partial charge on any atom is -0.381 e. The highest BCUT2D eigenvalue weighted by Gasteiger charge is 2.16. The number of morpholine rings is 1. The SMILES string of the molecule is O=C(CCCN1CCOCC1)NCC1CCOC1. The molecule has 0 bridgehead atoms. The van der Waals surface area contributed by atoms with Crippen LogP contribution in [0.3, 0.4) is 0 Å². The van der Waals surface area contributed by atoms with Crippen molar-refractivity contribution >= 4 is 5.91 Å². The zero-order chi connectivity index (χ0) is 12.6. The topological polar surface area (TPSA) is 50.8 Å². The van der Waals surface area contributed by atoms with Gasteiger partial charge in [-0.05, 0) is 19.4 Å². The van der Waals surface area contributed by atoms with Crippen LogP contribution >= 0.6 is 0 Å². The van der Waals surface area contributed by atoms with Crippen molar-refractivity contribution in [3.05, 3.63) is 0 Å². The third-order valence-corrected chi connectivity index (χ3v) is 3.59. The Labute approximate surface area is 109 Å². The third kappa shape index (κ3) is 4.92. The van der Waals surface area contributed by atoms with E-state index in [4.69, 9.17) is 9.47 Å². The fourth-order valence-corrected chi connectivity index (χ4v) is 2.38. The summed E-state index contributed by atoms with van der Waals surface area (Å²) in [6, 6.07) is 0. The van der Waals surface area contributed by atoms with Crippen LogP contribution in [0.2, 0.25) is 0 Å². The molecule has 2 fully saturated rings. The Balaban J connectivity index is 1.48. The molecule has 0 saturated carbocycles. The summed E-state index contributed by atoms with van der Waals surface area (Å²) in [5, 5.41) is 3.00. The molecule has 1 atom stereocenters. The predicted molar refractivity (Wildman–Crippen MR) is 68.4 cm³/mol. The van der Waals surface area contributed by atoms with E-state index in [0.29, 0.717) is 12.3 Å². The molecule has 2 heterocycles. The molecule has 1 amide bonds. The summed E-state index contributed by atoms with van der Waals surface area (Å²) in [7, 11) is 0. The molecule has 5 heteroatoms. The number of carbonyl (C=O) groups excluding carboxylic acids is 1. The van der Waals surface area contributed by atoms with Crippen LogP contribution in [0.4, 0.5) is 0 Å². The lowest BCUT2D eigenvalue weighted by Gasteiger charge is -2.26. The fourth-order valence-electron chi connectivity index (χ4n) is 2.38. The van der Waals surface area contributed by atoms with E-state index in [9.17, 15) is 4.79 Å². The van der Waals surface area contributed by atoms with Gasteiger partial charge >= 0.3 is 0 Å². The number of amides is 1. The number of nitrogens with one attached hydrogen (secondary N) is 1. The highest BCUT2D eigenvalue weighted by molar-refractivity contribution is 5.75. The molecule has 1 N–H and O–H groups in total. The lowest BCUT2D eigenvalue weighted by molar-refractivity contribution is -0.121. The van der Waals surface area contributed by atoms with Gasteiger partial charge in [0, 0.05) is 38.6 Å². The minimum absolute atomic E-state index is 0.176. The van der Waals surface area contributed by atoms with Gasteiger partial charge in [-0.15, -0.1) is 0 Å². The number of rotatable bonds is 6. The predicted octanol–water partition coefficient (Wildman–Crippen LogP) is 0.252. The van der Waals surface area contributed by atoms with Crippen molar-refractivity contribution in [2.24, 2.45) is 5.92 Å². The average Bonchev–Trinajstić information content (AvgIpc) is 2.91. The Morgan fingerprint density at radius 1 is 1.22 bits per heavy atom. The van der Waals surface area contributed by atoms with E-state index in [0.717, 1.165) is 65.4 Å². The van der Waals surface area contributed by atoms with Gasteiger partial charge in [0.05, 0.1) is 19.8 Å². The second-order valence-corrected chi connectivity index (χ2v) is 5.09. The maximum absolute atomic E-state index is 11.6. The Morgan fingerprint density at radius 3 is 2.78 bits per heavy atom. The molecular formula is C13H24N2O3. The maximum Gasteiger partial charge on any atom is 0.220 e. The molecule has 104 valence electrons. The summed E-state index contributed by atoms with van der Waals surface area (Å²) in [6.07, 6.45) is 2.64. The first kappa shape index (κ1) is 13.8. The van der Waals surface area contributed by atoms with Gasteiger partial charge < -0.3 is 14.8 Å². The monoisotopic (exact) mass is 256 g/mol. The molecule has 2 rings (SSSR count). The Morgan fingerprint density at radius 2 is 2.06 bits per heavy atom. The molecule has 5 nitrogen and oxygen atoms in total. The summed E-state index contributed by atoms with van der Waals surface area (Å²) in [5.74, 6) is 0.698. The molecule has 0 aromatic carbocycles. The minimum atomic E-state index is 0.176. The van der Waals surface area contributed by atoms with Crippen molar-refractivity contribution in [3.63, 3.8) is 0 Å². The van der Waals surface area contributed by atoms with Gasteiger partial charge in [0.15, 0.2) is 0 Å². The van der Waals surface area contributed by atoms with Crippen LogP contribution in [0, 0.1) is 5.92 Å². The zero-order valence-electron chi connectivity index (χ0n) is 11.0. The van der Waals surface area contributed by atoms with Crippen LogP contribution in [-0.2, 0) is 14.3 Å². The van der Waals surface area contributed by atoms with Crippen LogP contribution in [0.15, 0.2) is 0 Å². The normalized spacial score (nSPS) is 25.2. The first-order valence-electron chi connectivity index (χ1n) is 6.99. The highest BCUT2D eigenvalue weighted by atomic mass is 16.5. The molecule has 2 aliphatic rings. The quantitative estimate of drug-likeness (QED) is 0.740. The van der Waals surface area contributed by atoms with Crippen LogP contribution in [-0.4, -0.2) is 63.4 Å². The van der Waals surface area contributed by atoms with Gasteiger partial charge in [-0.2, -0.15) is 0 Å². The summed E-state index contributed by atoms with van der Waals surface area (Å²) in [4.78, 5) is 14.0. The lowest BCUT2D eigenvalue weighted by Crippen LogP contribution is -2.37. The first-order chi connectivity index (χ1) is 8.84. The summed E-state index contributed by atoms with van der Waals surface area (Å²) in [5.41, 5.74) is 0. The number of carbonyl (C=O) groups is 1. The van der Waals surface area contributed by atoms with Crippen molar-refractivity contribution in [1.82, 2.24) is 10.2 Å². The van der Waals surface area contributed by atoms with Gasteiger partial charge in [0.25, 0.3) is 0 Å². The molecule has 0 spiro atoms. The third-order valence-electron chi connectivity index (χ3n) is 3.59. The Kier molecular flexibility index (Phi) is 5.90. The molecule has 0 aromatic rings. The van der Waals surface area contributed by atoms with E-state index in [1.54, 1.807) is 0 Å². The van der Waals surface area contributed by atoms with Gasteiger partial charge in [0.1, 0.15) is 0 Å². The van der Waals surface area contributed by atoms with E-state index in [-0.39, 0.29) is 5.91 Å². The van der Waals surface area contributed by atoms with Crippen LogP contribution in [0.25, 0.3) is 0 Å². The molecule has 0 radical (unpaired) electrons. The van der Waals surface area contributed by atoms with Crippen LogP contribution in [0.1, 0.15) is 19.3 Å². The van der Waals surface area contributed by atoms with Gasteiger partial charge in [-0.25, -0.2) is 0 Å². The van der Waals surface area contributed by atoms with E-state index in [1.165, 1.54) is 0 Å². The number of hydrogen-bond donors (Lipinski definition) is 1. The maximum atomic E-state index is 11.6. The molecular weight excluding hydrogens is 232 g/mol. The Bertz CT molecular complexity index is 249. The van der Waals surface area contributed by atoms with E-state index < -0.39 is 0 Å². The second kappa shape index (κ2) is 7.71. The largest absolute Gasteiger partial charge is 0.381 e. The highest BCUT2D eigenvalue weighted by Crippen LogP contribution is 2.10. The summed E-state index contributed by atoms with van der Waals surface area (Å²) < 4.78 is 10.6. The molecule has 18 heavy (non-hydrogen) atoms.